The van der Waals surface area contributed by atoms with Crippen molar-refractivity contribution >= 4 is 11.9 Å². The van der Waals surface area contributed by atoms with E-state index in [4.69, 9.17) is 4.74 Å². The maximum Gasteiger partial charge on any atom is 0.243 e. The second-order valence-electron chi connectivity index (χ2n) is 8.11. The number of aliphatic imine (C=N–C) groups is 1. The number of carbonyl (C=O) groups excluding carboxylic acids is 1. The zero-order chi connectivity index (χ0) is 18.2. The van der Waals surface area contributed by atoms with Gasteiger partial charge in [-0.2, -0.15) is 0 Å². The fourth-order valence-electron chi connectivity index (χ4n) is 2.41. The Morgan fingerprint density at radius 3 is 2.62 bits per heavy atom. The van der Waals surface area contributed by atoms with Gasteiger partial charge in [0.2, 0.25) is 5.91 Å². The van der Waals surface area contributed by atoms with Crippen LogP contribution in [0.4, 0.5) is 0 Å². The molecule has 6 heteroatoms. The zero-order valence-corrected chi connectivity index (χ0v) is 16.3. The van der Waals surface area contributed by atoms with E-state index in [1.54, 1.807) is 19.0 Å². The van der Waals surface area contributed by atoms with E-state index in [1.807, 2.05) is 0 Å². The molecule has 0 aromatic rings. The lowest BCUT2D eigenvalue weighted by Gasteiger charge is -2.24. The molecule has 2 unspecified atom stereocenters. The van der Waals surface area contributed by atoms with Gasteiger partial charge in [0.1, 0.15) is 6.54 Å². The first kappa shape index (κ1) is 20.7. The summed E-state index contributed by atoms with van der Waals surface area (Å²) in [5.74, 6) is 0.692. The molecule has 0 aromatic carbocycles. The van der Waals surface area contributed by atoms with Crippen molar-refractivity contribution in [3.8, 4) is 0 Å². The highest BCUT2D eigenvalue weighted by atomic mass is 16.5. The first-order valence-electron chi connectivity index (χ1n) is 9.04. The number of carbonyl (C=O) groups is 1. The predicted molar refractivity (Wildman–Crippen MR) is 99.3 cm³/mol. The highest BCUT2D eigenvalue weighted by Crippen LogP contribution is 2.21. The van der Waals surface area contributed by atoms with Crippen LogP contribution in [0.25, 0.3) is 0 Å². The third-order valence-corrected chi connectivity index (χ3v) is 4.10. The number of hydrogen-bond acceptors (Lipinski definition) is 3. The predicted octanol–water partition coefficient (Wildman–Crippen LogP) is 2.00. The van der Waals surface area contributed by atoms with Crippen LogP contribution in [0, 0.1) is 5.41 Å². The smallest absolute Gasteiger partial charge is 0.243 e. The fraction of sp³-hybridized carbons (Fsp3) is 0.889. The van der Waals surface area contributed by atoms with Crippen LogP contribution in [0.15, 0.2) is 4.99 Å². The molecule has 1 fully saturated rings. The molecule has 1 aliphatic rings. The first-order valence-corrected chi connectivity index (χ1v) is 9.04. The summed E-state index contributed by atoms with van der Waals surface area (Å²) < 4.78 is 5.64. The molecule has 24 heavy (non-hydrogen) atoms. The summed E-state index contributed by atoms with van der Waals surface area (Å²) in [6.07, 6.45) is 4.64. The third kappa shape index (κ3) is 9.11. The monoisotopic (exact) mass is 340 g/mol. The Morgan fingerprint density at radius 1 is 1.38 bits per heavy atom. The summed E-state index contributed by atoms with van der Waals surface area (Å²) in [6.45, 7) is 10.6. The molecule has 0 radical (unpaired) electrons. The number of nitrogens with zero attached hydrogens (tertiary/aromatic N) is 2. The highest BCUT2D eigenvalue weighted by molar-refractivity contribution is 5.84. The van der Waals surface area contributed by atoms with Gasteiger partial charge in [-0.1, -0.05) is 20.8 Å². The molecule has 1 saturated heterocycles. The van der Waals surface area contributed by atoms with E-state index in [2.05, 4.69) is 43.3 Å². The Hall–Kier alpha value is -1.30. The second kappa shape index (κ2) is 9.87. The van der Waals surface area contributed by atoms with Crippen molar-refractivity contribution in [3.05, 3.63) is 0 Å². The Bertz CT molecular complexity index is 410. The van der Waals surface area contributed by atoms with Crippen molar-refractivity contribution in [1.82, 2.24) is 15.5 Å². The average Bonchev–Trinajstić information content (AvgIpc) is 3.00. The van der Waals surface area contributed by atoms with Gasteiger partial charge in [0.25, 0.3) is 0 Å². The SMILES string of the molecule is CC(CCC(C)(C)C)NC(=NCC(=O)N(C)C)NCC1CCCO1. The lowest BCUT2D eigenvalue weighted by Crippen LogP contribution is -2.45. The van der Waals surface area contributed by atoms with E-state index in [1.165, 1.54) is 0 Å². The van der Waals surface area contributed by atoms with Gasteiger partial charge in [-0.25, -0.2) is 4.99 Å². The van der Waals surface area contributed by atoms with Crippen LogP contribution in [-0.4, -0.2) is 62.7 Å². The van der Waals surface area contributed by atoms with Gasteiger partial charge in [0.15, 0.2) is 5.96 Å². The molecule has 1 aliphatic heterocycles. The maximum atomic E-state index is 11.8. The lowest BCUT2D eigenvalue weighted by molar-refractivity contribution is -0.127. The third-order valence-electron chi connectivity index (χ3n) is 4.10. The molecule has 140 valence electrons. The van der Waals surface area contributed by atoms with Crippen LogP contribution in [0.2, 0.25) is 0 Å². The number of amides is 1. The molecule has 1 rings (SSSR count). The number of hydrogen-bond donors (Lipinski definition) is 2. The molecular weight excluding hydrogens is 304 g/mol. The summed E-state index contributed by atoms with van der Waals surface area (Å²) in [5, 5.41) is 6.75. The molecule has 0 aromatic heterocycles. The first-order chi connectivity index (χ1) is 11.2. The van der Waals surface area contributed by atoms with Crippen molar-refractivity contribution in [2.75, 3.05) is 33.8 Å². The Labute approximate surface area is 147 Å². The lowest BCUT2D eigenvalue weighted by atomic mass is 9.89. The summed E-state index contributed by atoms with van der Waals surface area (Å²) >= 11 is 0. The number of likely N-dealkylation sites (N-methyl/N-ethyl adjacent to an activating group) is 1. The zero-order valence-electron chi connectivity index (χ0n) is 16.3. The van der Waals surface area contributed by atoms with Crippen molar-refractivity contribution < 1.29 is 9.53 Å². The molecule has 0 aliphatic carbocycles. The second-order valence-corrected chi connectivity index (χ2v) is 8.11. The van der Waals surface area contributed by atoms with Crippen molar-refractivity contribution in [2.24, 2.45) is 10.4 Å². The Kier molecular flexibility index (Phi) is 8.53. The summed E-state index contributed by atoms with van der Waals surface area (Å²) in [7, 11) is 3.49. The van der Waals surface area contributed by atoms with Crippen molar-refractivity contribution in [1.29, 1.82) is 0 Å². The van der Waals surface area contributed by atoms with E-state index in [0.717, 1.165) is 38.8 Å². The van der Waals surface area contributed by atoms with Crippen LogP contribution >= 0.6 is 0 Å². The van der Waals surface area contributed by atoms with E-state index in [-0.39, 0.29) is 18.6 Å². The topological polar surface area (TPSA) is 66.0 Å². The van der Waals surface area contributed by atoms with Gasteiger partial charge < -0.3 is 20.3 Å². The van der Waals surface area contributed by atoms with E-state index in [0.29, 0.717) is 17.4 Å². The minimum absolute atomic E-state index is 0.00411. The molecule has 2 N–H and O–H groups in total. The van der Waals surface area contributed by atoms with Crippen molar-refractivity contribution in [3.63, 3.8) is 0 Å². The van der Waals surface area contributed by atoms with E-state index in [9.17, 15) is 4.79 Å². The number of rotatable bonds is 7. The molecule has 1 amide bonds. The van der Waals surface area contributed by atoms with E-state index < -0.39 is 0 Å². The Morgan fingerprint density at radius 2 is 2.08 bits per heavy atom. The number of guanidine groups is 1. The minimum Gasteiger partial charge on any atom is -0.376 e. The summed E-state index contributed by atoms with van der Waals surface area (Å²) in [5.41, 5.74) is 0.319. The quantitative estimate of drug-likeness (QED) is 0.549. The number of ether oxygens (including phenoxy) is 1. The molecule has 0 saturated carbocycles. The summed E-state index contributed by atoms with van der Waals surface area (Å²) in [4.78, 5) is 17.8. The van der Waals surface area contributed by atoms with E-state index >= 15 is 0 Å². The van der Waals surface area contributed by atoms with Gasteiger partial charge in [-0.15, -0.1) is 0 Å². The molecule has 6 nitrogen and oxygen atoms in total. The van der Waals surface area contributed by atoms with Gasteiger partial charge in [0.05, 0.1) is 6.10 Å². The number of nitrogens with one attached hydrogen (secondary N) is 2. The molecule has 0 bridgehead atoms. The summed E-state index contributed by atoms with van der Waals surface area (Å²) in [6, 6.07) is 0.300. The van der Waals surface area contributed by atoms with Crippen LogP contribution in [-0.2, 0) is 9.53 Å². The van der Waals surface area contributed by atoms with Gasteiger partial charge >= 0.3 is 0 Å². The minimum atomic E-state index is -0.00411. The largest absolute Gasteiger partial charge is 0.376 e. The highest BCUT2D eigenvalue weighted by Gasteiger charge is 2.17. The average molecular weight is 341 g/mol. The van der Waals surface area contributed by atoms with Gasteiger partial charge in [-0.05, 0) is 38.0 Å². The molecule has 0 spiro atoms. The van der Waals surface area contributed by atoms with Crippen LogP contribution < -0.4 is 10.6 Å². The van der Waals surface area contributed by atoms with Crippen molar-refractivity contribution in [2.45, 2.75) is 65.5 Å². The van der Waals surface area contributed by atoms with Crippen LogP contribution in [0.3, 0.4) is 0 Å². The van der Waals surface area contributed by atoms with Gasteiger partial charge in [0, 0.05) is 33.3 Å². The maximum absolute atomic E-state index is 11.8. The standard InChI is InChI=1S/C18H36N4O2/c1-14(9-10-18(2,3)4)21-17(20-13-16(23)22(5)6)19-12-15-8-7-11-24-15/h14-15H,7-13H2,1-6H3,(H2,19,20,21). The van der Waals surface area contributed by atoms with Crippen LogP contribution in [0.1, 0.15) is 53.4 Å². The molecule has 2 atom stereocenters. The Balaban J connectivity index is 2.54. The van der Waals surface area contributed by atoms with Gasteiger partial charge in [-0.3, -0.25) is 4.79 Å². The molecular formula is C18H36N4O2. The normalized spacial score (nSPS) is 19.9. The fourth-order valence-corrected chi connectivity index (χ4v) is 2.41. The van der Waals surface area contributed by atoms with Crippen LogP contribution in [0.5, 0.6) is 0 Å². The molecule has 1 heterocycles.